The summed E-state index contributed by atoms with van der Waals surface area (Å²) < 4.78 is 6.48. The number of nitrogens with zero attached hydrogens (tertiary/aromatic N) is 1. The van der Waals surface area contributed by atoms with Crippen molar-refractivity contribution in [1.29, 1.82) is 0 Å². The maximum Gasteiger partial charge on any atom is 0.137 e. The van der Waals surface area contributed by atoms with Gasteiger partial charge in [0, 0.05) is 16.8 Å². The van der Waals surface area contributed by atoms with Gasteiger partial charge in [-0.2, -0.15) is 0 Å². The molecule has 0 radical (unpaired) electrons. The van der Waals surface area contributed by atoms with Gasteiger partial charge < -0.3 is 9.32 Å². The van der Waals surface area contributed by atoms with E-state index in [9.17, 15) is 0 Å². The summed E-state index contributed by atoms with van der Waals surface area (Å²) in [4.78, 5) is 2.44. The SMILES string of the molecule is c1ccc(C2(c3ccccc3)c3ccccc3-c3ccc(N(c4ccc5ccc6ccccc6c5c4)c4cccc5oc6ccccc6c45)cc32)cc1. The van der Waals surface area contributed by atoms with Crippen LogP contribution < -0.4 is 4.90 Å². The van der Waals surface area contributed by atoms with Crippen LogP contribution in [-0.4, -0.2) is 0 Å². The van der Waals surface area contributed by atoms with Crippen LogP contribution in [0.3, 0.4) is 0 Å². The number of anilines is 3. The molecule has 1 aliphatic carbocycles. The van der Waals surface area contributed by atoms with Gasteiger partial charge in [0.1, 0.15) is 11.2 Å². The summed E-state index contributed by atoms with van der Waals surface area (Å²) in [5, 5.41) is 7.13. The molecular weight excluding hydrogens is 643 g/mol. The van der Waals surface area contributed by atoms with Crippen molar-refractivity contribution >= 4 is 60.5 Å². The van der Waals surface area contributed by atoms with E-state index in [0.717, 1.165) is 39.0 Å². The van der Waals surface area contributed by atoms with E-state index in [0.29, 0.717) is 0 Å². The number of hydrogen-bond donors (Lipinski definition) is 0. The minimum Gasteiger partial charge on any atom is -0.456 e. The number of furan rings is 1. The zero-order valence-electron chi connectivity index (χ0n) is 28.9. The van der Waals surface area contributed by atoms with Gasteiger partial charge in [-0.25, -0.2) is 0 Å². The van der Waals surface area contributed by atoms with Crippen LogP contribution in [-0.2, 0) is 5.41 Å². The summed E-state index contributed by atoms with van der Waals surface area (Å²) in [6.07, 6.45) is 0. The topological polar surface area (TPSA) is 16.4 Å². The Morgan fingerprint density at radius 2 is 0.962 bits per heavy atom. The van der Waals surface area contributed by atoms with Gasteiger partial charge in [-0.15, -0.1) is 0 Å². The molecule has 0 unspecified atom stereocenters. The number of hydrogen-bond acceptors (Lipinski definition) is 2. The van der Waals surface area contributed by atoms with Crippen molar-refractivity contribution in [3.05, 3.63) is 222 Å². The van der Waals surface area contributed by atoms with Gasteiger partial charge in [0.2, 0.25) is 0 Å². The molecule has 2 nitrogen and oxygen atoms in total. The van der Waals surface area contributed by atoms with Crippen LogP contribution in [0, 0.1) is 0 Å². The van der Waals surface area contributed by atoms with E-state index >= 15 is 0 Å². The Morgan fingerprint density at radius 3 is 1.77 bits per heavy atom. The van der Waals surface area contributed by atoms with Crippen molar-refractivity contribution in [1.82, 2.24) is 0 Å². The van der Waals surface area contributed by atoms with Gasteiger partial charge in [-0.3, -0.25) is 0 Å². The predicted octanol–water partition coefficient (Wildman–Crippen LogP) is 13.7. The molecule has 0 spiro atoms. The molecule has 53 heavy (non-hydrogen) atoms. The summed E-state index contributed by atoms with van der Waals surface area (Å²) in [6, 6.07) is 72.9. The zero-order chi connectivity index (χ0) is 34.9. The largest absolute Gasteiger partial charge is 0.456 e. The molecule has 0 saturated heterocycles. The lowest BCUT2D eigenvalue weighted by molar-refractivity contribution is 0.669. The Balaban J connectivity index is 1.24. The van der Waals surface area contributed by atoms with Gasteiger partial charge in [0.15, 0.2) is 0 Å². The summed E-state index contributed by atoms with van der Waals surface area (Å²) in [6.45, 7) is 0. The molecule has 0 bridgehead atoms. The number of para-hydroxylation sites is 1. The average Bonchev–Trinajstić information content (AvgIpc) is 3.76. The van der Waals surface area contributed by atoms with Crippen molar-refractivity contribution in [2.45, 2.75) is 5.41 Å². The normalized spacial score (nSPS) is 13.1. The molecule has 9 aromatic carbocycles. The third kappa shape index (κ3) is 4.33. The third-order valence-electron chi connectivity index (χ3n) is 11.3. The smallest absolute Gasteiger partial charge is 0.137 e. The summed E-state index contributed by atoms with van der Waals surface area (Å²) in [7, 11) is 0. The summed E-state index contributed by atoms with van der Waals surface area (Å²) in [5.41, 5.74) is 12.1. The molecule has 10 aromatic rings. The highest BCUT2D eigenvalue weighted by Crippen LogP contribution is 2.57. The Morgan fingerprint density at radius 1 is 0.377 bits per heavy atom. The van der Waals surface area contributed by atoms with E-state index in [1.165, 1.54) is 54.9 Å². The molecular formula is C51H33NO. The van der Waals surface area contributed by atoms with Crippen LogP contribution in [0.4, 0.5) is 17.1 Å². The predicted molar refractivity (Wildman–Crippen MR) is 221 cm³/mol. The van der Waals surface area contributed by atoms with Crippen LogP contribution in [0.1, 0.15) is 22.3 Å². The van der Waals surface area contributed by atoms with Crippen molar-refractivity contribution in [2.24, 2.45) is 0 Å². The van der Waals surface area contributed by atoms with Crippen LogP contribution in [0.5, 0.6) is 0 Å². The molecule has 0 fully saturated rings. The Hall–Kier alpha value is -6.90. The second-order valence-corrected chi connectivity index (χ2v) is 14.0. The Kier molecular flexibility index (Phi) is 6.50. The van der Waals surface area contributed by atoms with Crippen LogP contribution in [0.2, 0.25) is 0 Å². The zero-order valence-corrected chi connectivity index (χ0v) is 28.9. The number of benzene rings is 9. The van der Waals surface area contributed by atoms with E-state index in [1.807, 2.05) is 6.07 Å². The highest BCUT2D eigenvalue weighted by Gasteiger charge is 2.46. The van der Waals surface area contributed by atoms with E-state index in [-0.39, 0.29) is 0 Å². The minimum atomic E-state index is -0.510. The van der Waals surface area contributed by atoms with Crippen LogP contribution in [0.15, 0.2) is 205 Å². The van der Waals surface area contributed by atoms with Gasteiger partial charge >= 0.3 is 0 Å². The Bertz CT molecular complexity index is 2970. The molecule has 2 heteroatoms. The lowest BCUT2D eigenvalue weighted by Crippen LogP contribution is -2.28. The van der Waals surface area contributed by atoms with E-state index in [4.69, 9.17) is 4.42 Å². The highest BCUT2D eigenvalue weighted by atomic mass is 16.3. The standard InChI is InChI=1S/C51H33NO/c1-3-15-36(16-4-1)51(37-17-5-2-6-18-37)45-22-11-9-20-41(45)42-31-30-39(33-46(42)51)52(47-23-13-25-49-50(47)43-21-10-12-24-48(43)53-49)38-29-28-35-27-26-34-14-7-8-19-40(34)44(35)32-38/h1-33H. The molecule has 1 aliphatic rings. The Labute approximate surface area is 307 Å². The first-order valence-electron chi connectivity index (χ1n) is 18.3. The molecule has 1 aromatic heterocycles. The lowest BCUT2D eigenvalue weighted by Gasteiger charge is -2.35. The molecule has 248 valence electrons. The van der Waals surface area contributed by atoms with Gasteiger partial charge in [-0.05, 0) is 97.4 Å². The van der Waals surface area contributed by atoms with Crippen molar-refractivity contribution < 1.29 is 4.42 Å². The molecule has 1 heterocycles. The molecule has 0 saturated carbocycles. The molecule has 0 N–H and O–H groups in total. The fraction of sp³-hybridized carbons (Fsp3) is 0.0196. The average molecular weight is 676 g/mol. The van der Waals surface area contributed by atoms with E-state index < -0.39 is 5.41 Å². The van der Waals surface area contributed by atoms with E-state index in [1.54, 1.807) is 0 Å². The number of fused-ring (bicyclic) bond motifs is 9. The quantitative estimate of drug-likeness (QED) is 0.169. The maximum absolute atomic E-state index is 6.48. The first kappa shape index (κ1) is 29.8. The van der Waals surface area contributed by atoms with Crippen LogP contribution >= 0.6 is 0 Å². The highest BCUT2D eigenvalue weighted by molar-refractivity contribution is 6.14. The first-order valence-corrected chi connectivity index (χ1v) is 18.3. The fourth-order valence-electron chi connectivity index (χ4n) is 9.07. The van der Waals surface area contributed by atoms with Gasteiger partial charge in [-0.1, -0.05) is 158 Å². The van der Waals surface area contributed by atoms with E-state index in [2.05, 4.69) is 199 Å². The molecule has 0 atom stereocenters. The summed E-state index contributed by atoms with van der Waals surface area (Å²) in [5.74, 6) is 0. The fourth-order valence-corrected chi connectivity index (χ4v) is 9.07. The number of rotatable bonds is 5. The summed E-state index contributed by atoms with van der Waals surface area (Å²) >= 11 is 0. The molecule has 0 amide bonds. The van der Waals surface area contributed by atoms with Crippen molar-refractivity contribution in [3.8, 4) is 11.1 Å². The first-order chi connectivity index (χ1) is 26.3. The third-order valence-corrected chi connectivity index (χ3v) is 11.3. The van der Waals surface area contributed by atoms with Crippen molar-refractivity contribution in [3.63, 3.8) is 0 Å². The minimum absolute atomic E-state index is 0.510. The van der Waals surface area contributed by atoms with Crippen molar-refractivity contribution in [2.75, 3.05) is 4.90 Å². The second-order valence-electron chi connectivity index (χ2n) is 14.0. The van der Waals surface area contributed by atoms with Gasteiger partial charge in [0.05, 0.1) is 16.5 Å². The second kappa shape index (κ2) is 11.6. The monoisotopic (exact) mass is 675 g/mol. The molecule has 11 rings (SSSR count). The van der Waals surface area contributed by atoms with Crippen LogP contribution in [0.25, 0.3) is 54.6 Å². The van der Waals surface area contributed by atoms with Gasteiger partial charge in [0.25, 0.3) is 0 Å². The lowest BCUT2D eigenvalue weighted by atomic mass is 9.67. The molecule has 0 aliphatic heterocycles. The maximum atomic E-state index is 6.48.